The van der Waals surface area contributed by atoms with Gasteiger partial charge >= 0.3 is 0 Å². The van der Waals surface area contributed by atoms with Crippen LogP contribution >= 0.6 is 15.9 Å². The molecule has 1 fully saturated rings. The molecule has 1 saturated heterocycles. The zero-order chi connectivity index (χ0) is 13.8. The summed E-state index contributed by atoms with van der Waals surface area (Å²) in [4.78, 5) is 2.44. The molecule has 1 aliphatic heterocycles. The fourth-order valence-corrected chi connectivity index (χ4v) is 3.34. The first-order valence-corrected chi connectivity index (χ1v) is 8.05. The summed E-state index contributed by atoms with van der Waals surface area (Å²) in [7, 11) is 0. The van der Waals surface area contributed by atoms with Crippen LogP contribution in [0, 0.1) is 11.8 Å². The standard InChI is InChI=1S/C16H24BrNO/c1-12(2)13-4-3-8-18(9-7-13)16-10-15(17)6-5-14(16)11-19/h5-6,10,12-13,19H,3-4,7-9,11H2,1-2H3. The van der Waals surface area contributed by atoms with Crippen molar-refractivity contribution >= 4 is 21.6 Å². The van der Waals surface area contributed by atoms with E-state index in [0.717, 1.165) is 35.0 Å². The van der Waals surface area contributed by atoms with Gasteiger partial charge in [-0.15, -0.1) is 0 Å². The van der Waals surface area contributed by atoms with Crippen molar-refractivity contribution in [3.63, 3.8) is 0 Å². The van der Waals surface area contributed by atoms with Crippen LogP contribution in [0.1, 0.15) is 38.7 Å². The van der Waals surface area contributed by atoms with Gasteiger partial charge in [-0.25, -0.2) is 0 Å². The summed E-state index contributed by atoms with van der Waals surface area (Å²) in [6.45, 7) is 6.99. The van der Waals surface area contributed by atoms with E-state index >= 15 is 0 Å². The average molecular weight is 326 g/mol. The highest BCUT2D eigenvalue weighted by atomic mass is 79.9. The molecule has 0 saturated carbocycles. The molecule has 0 amide bonds. The maximum Gasteiger partial charge on any atom is 0.0702 e. The number of rotatable bonds is 3. The van der Waals surface area contributed by atoms with Crippen LogP contribution in [0.4, 0.5) is 5.69 Å². The van der Waals surface area contributed by atoms with Gasteiger partial charge in [0.25, 0.3) is 0 Å². The molecule has 0 radical (unpaired) electrons. The van der Waals surface area contributed by atoms with Crippen LogP contribution < -0.4 is 4.90 Å². The Bertz CT molecular complexity index is 419. The van der Waals surface area contributed by atoms with Gasteiger partial charge in [-0.2, -0.15) is 0 Å². The van der Waals surface area contributed by atoms with Crippen molar-refractivity contribution in [1.82, 2.24) is 0 Å². The van der Waals surface area contributed by atoms with Crippen molar-refractivity contribution in [2.75, 3.05) is 18.0 Å². The summed E-state index contributed by atoms with van der Waals surface area (Å²) in [6.07, 6.45) is 3.84. The minimum absolute atomic E-state index is 0.118. The lowest BCUT2D eigenvalue weighted by atomic mass is 9.89. The number of hydrogen-bond donors (Lipinski definition) is 1. The Morgan fingerprint density at radius 2 is 2.11 bits per heavy atom. The Labute approximate surface area is 124 Å². The molecule has 106 valence electrons. The van der Waals surface area contributed by atoms with E-state index in [4.69, 9.17) is 0 Å². The van der Waals surface area contributed by atoms with E-state index in [9.17, 15) is 5.11 Å². The van der Waals surface area contributed by atoms with Crippen molar-refractivity contribution in [2.45, 2.75) is 39.7 Å². The minimum Gasteiger partial charge on any atom is -0.392 e. The molecule has 0 aliphatic carbocycles. The monoisotopic (exact) mass is 325 g/mol. The van der Waals surface area contributed by atoms with Gasteiger partial charge in [-0.1, -0.05) is 35.8 Å². The van der Waals surface area contributed by atoms with Crippen molar-refractivity contribution in [1.29, 1.82) is 0 Å². The van der Waals surface area contributed by atoms with Gasteiger partial charge in [-0.3, -0.25) is 0 Å². The van der Waals surface area contributed by atoms with Gasteiger partial charge in [0.15, 0.2) is 0 Å². The average Bonchev–Trinajstić information content (AvgIpc) is 2.64. The van der Waals surface area contributed by atoms with E-state index in [1.165, 1.54) is 24.9 Å². The van der Waals surface area contributed by atoms with Crippen molar-refractivity contribution < 1.29 is 5.11 Å². The molecular weight excluding hydrogens is 302 g/mol. The fraction of sp³-hybridized carbons (Fsp3) is 0.625. The number of anilines is 1. The largest absolute Gasteiger partial charge is 0.392 e. The molecule has 0 aromatic heterocycles. The molecule has 1 heterocycles. The first kappa shape index (κ1) is 14.9. The minimum atomic E-state index is 0.118. The molecule has 1 aliphatic rings. The second-order valence-corrected chi connectivity index (χ2v) is 6.77. The normalized spacial score (nSPS) is 20.7. The second-order valence-electron chi connectivity index (χ2n) is 5.85. The summed E-state index contributed by atoms with van der Waals surface area (Å²) in [5, 5.41) is 9.51. The van der Waals surface area contributed by atoms with Crippen LogP contribution in [0.2, 0.25) is 0 Å². The van der Waals surface area contributed by atoms with Crippen molar-refractivity contribution in [3.8, 4) is 0 Å². The van der Waals surface area contributed by atoms with E-state index in [-0.39, 0.29) is 6.61 Å². The van der Waals surface area contributed by atoms with Crippen LogP contribution in [0.5, 0.6) is 0 Å². The van der Waals surface area contributed by atoms with Crippen molar-refractivity contribution in [3.05, 3.63) is 28.2 Å². The van der Waals surface area contributed by atoms with Crippen molar-refractivity contribution in [2.24, 2.45) is 11.8 Å². The Balaban J connectivity index is 2.16. The number of nitrogens with zero attached hydrogens (tertiary/aromatic N) is 1. The lowest BCUT2D eigenvalue weighted by molar-refractivity contribution is 0.282. The van der Waals surface area contributed by atoms with Gasteiger partial charge in [0, 0.05) is 28.8 Å². The number of aliphatic hydroxyl groups excluding tert-OH is 1. The Morgan fingerprint density at radius 1 is 1.32 bits per heavy atom. The second kappa shape index (κ2) is 6.76. The van der Waals surface area contributed by atoms with E-state index < -0.39 is 0 Å². The van der Waals surface area contributed by atoms with Crippen LogP contribution in [0.15, 0.2) is 22.7 Å². The van der Waals surface area contributed by atoms with Gasteiger partial charge in [0.1, 0.15) is 0 Å². The zero-order valence-electron chi connectivity index (χ0n) is 11.9. The lowest BCUT2D eigenvalue weighted by Crippen LogP contribution is -2.25. The van der Waals surface area contributed by atoms with Gasteiger partial charge in [0.2, 0.25) is 0 Å². The third-order valence-electron chi connectivity index (χ3n) is 4.27. The molecule has 1 aromatic rings. The van der Waals surface area contributed by atoms with Gasteiger partial charge in [-0.05, 0) is 43.2 Å². The summed E-state index contributed by atoms with van der Waals surface area (Å²) in [6, 6.07) is 6.16. The number of halogens is 1. The topological polar surface area (TPSA) is 23.5 Å². The summed E-state index contributed by atoms with van der Waals surface area (Å²) < 4.78 is 1.09. The smallest absolute Gasteiger partial charge is 0.0702 e. The highest BCUT2D eigenvalue weighted by Gasteiger charge is 2.20. The van der Waals surface area contributed by atoms with E-state index in [1.54, 1.807) is 0 Å². The van der Waals surface area contributed by atoms with E-state index in [1.807, 2.05) is 12.1 Å². The molecular formula is C16H24BrNO. The number of aliphatic hydroxyl groups is 1. The third-order valence-corrected chi connectivity index (χ3v) is 4.77. The quantitative estimate of drug-likeness (QED) is 0.900. The molecule has 1 unspecified atom stereocenters. The summed E-state index contributed by atoms with van der Waals surface area (Å²) in [5.41, 5.74) is 2.23. The van der Waals surface area contributed by atoms with E-state index in [2.05, 4.69) is 40.7 Å². The Hall–Kier alpha value is -0.540. The maximum absolute atomic E-state index is 9.51. The van der Waals surface area contributed by atoms with Gasteiger partial charge < -0.3 is 10.0 Å². The molecule has 1 atom stereocenters. The highest BCUT2D eigenvalue weighted by molar-refractivity contribution is 9.10. The maximum atomic E-state index is 9.51. The van der Waals surface area contributed by atoms with Crippen LogP contribution in [0.25, 0.3) is 0 Å². The number of hydrogen-bond acceptors (Lipinski definition) is 2. The number of benzene rings is 1. The van der Waals surface area contributed by atoms with Crippen LogP contribution in [0.3, 0.4) is 0 Å². The zero-order valence-corrected chi connectivity index (χ0v) is 13.5. The molecule has 19 heavy (non-hydrogen) atoms. The molecule has 1 N–H and O–H groups in total. The highest BCUT2D eigenvalue weighted by Crippen LogP contribution is 2.30. The van der Waals surface area contributed by atoms with Gasteiger partial charge in [0.05, 0.1) is 6.61 Å². The summed E-state index contributed by atoms with van der Waals surface area (Å²) >= 11 is 3.54. The first-order chi connectivity index (χ1) is 9.11. The molecule has 0 spiro atoms. The van der Waals surface area contributed by atoms with Crippen LogP contribution in [-0.2, 0) is 6.61 Å². The lowest BCUT2D eigenvalue weighted by Gasteiger charge is -2.26. The van der Waals surface area contributed by atoms with E-state index in [0.29, 0.717) is 0 Å². The molecule has 3 heteroatoms. The predicted molar refractivity (Wildman–Crippen MR) is 84.5 cm³/mol. The Morgan fingerprint density at radius 3 is 2.79 bits per heavy atom. The summed E-state index contributed by atoms with van der Waals surface area (Å²) in [5.74, 6) is 1.62. The fourth-order valence-electron chi connectivity index (χ4n) is 2.99. The SMILES string of the molecule is CC(C)C1CCCN(c2cc(Br)ccc2CO)CC1. The molecule has 2 rings (SSSR count). The Kier molecular flexibility index (Phi) is 5.28. The molecule has 2 nitrogen and oxygen atoms in total. The predicted octanol–water partition coefficient (Wildman–Crippen LogP) is 4.20. The molecule has 1 aromatic carbocycles. The first-order valence-electron chi connectivity index (χ1n) is 7.26. The third kappa shape index (κ3) is 3.73. The molecule has 0 bridgehead atoms. The van der Waals surface area contributed by atoms with Crippen LogP contribution in [-0.4, -0.2) is 18.2 Å².